The van der Waals surface area contributed by atoms with Crippen LogP contribution in [-0.2, 0) is 0 Å². The molecule has 0 unspecified atom stereocenters. The summed E-state index contributed by atoms with van der Waals surface area (Å²) in [5.74, 6) is 2.21. The van der Waals surface area contributed by atoms with Gasteiger partial charge in [-0.05, 0) is 28.7 Å². The third-order valence-electron chi connectivity index (χ3n) is 4.54. The van der Waals surface area contributed by atoms with Gasteiger partial charge in [-0.3, -0.25) is 0 Å². The number of nitrogens with zero attached hydrogens (tertiary/aromatic N) is 6. The molecule has 1 aliphatic heterocycles. The minimum atomic E-state index is 0.554. The standard InChI is InChI=1S/C18H16N6OS/c1-2-4-13(5-3-1)16-21-18(22-25-16)24-9-7-23(8-10-24)15-14-6-11-26-17(14)20-12-19-15/h1-6,11-12H,7-10H2. The van der Waals surface area contributed by atoms with Crippen LogP contribution in [0.3, 0.4) is 0 Å². The van der Waals surface area contributed by atoms with Gasteiger partial charge < -0.3 is 14.3 Å². The predicted octanol–water partition coefficient (Wildman–Crippen LogP) is 3.07. The highest BCUT2D eigenvalue weighted by atomic mass is 32.1. The Labute approximate surface area is 153 Å². The van der Waals surface area contributed by atoms with E-state index in [9.17, 15) is 0 Å². The van der Waals surface area contributed by atoms with E-state index in [2.05, 4.69) is 41.4 Å². The number of hydrogen-bond acceptors (Lipinski definition) is 8. The quantitative estimate of drug-likeness (QED) is 0.553. The number of anilines is 2. The molecule has 0 atom stereocenters. The molecule has 130 valence electrons. The van der Waals surface area contributed by atoms with Gasteiger partial charge in [0, 0.05) is 31.7 Å². The second-order valence-corrected chi connectivity index (χ2v) is 6.97. The number of rotatable bonds is 3. The van der Waals surface area contributed by atoms with Crippen LogP contribution in [-0.4, -0.2) is 46.3 Å². The van der Waals surface area contributed by atoms with E-state index in [1.54, 1.807) is 17.7 Å². The molecule has 7 nitrogen and oxygen atoms in total. The molecular weight excluding hydrogens is 348 g/mol. The van der Waals surface area contributed by atoms with Crippen molar-refractivity contribution in [3.8, 4) is 11.5 Å². The van der Waals surface area contributed by atoms with Crippen LogP contribution in [0.1, 0.15) is 0 Å². The maximum absolute atomic E-state index is 5.43. The van der Waals surface area contributed by atoms with Gasteiger partial charge in [0.25, 0.3) is 11.8 Å². The van der Waals surface area contributed by atoms with Crippen molar-refractivity contribution in [2.75, 3.05) is 36.0 Å². The Morgan fingerprint density at radius 1 is 0.923 bits per heavy atom. The van der Waals surface area contributed by atoms with Crippen molar-refractivity contribution in [1.29, 1.82) is 0 Å². The molecule has 1 saturated heterocycles. The Morgan fingerprint density at radius 3 is 2.58 bits per heavy atom. The van der Waals surface area contributed by atoms with E-state index in [-0.39, 0.29) is 0 Å². The van der Waals surface area contributed by atoms with Crippen molar-refractivity contribution < 1.29 is 4.52 Å². The van der Waals surface area contributed by atoms with Crippen LogP contribution in [0.15, 0.2) is 52.6 Å². The second-order valence-electron chi connectivity index (χ2n) is 6.08. The lowest BCUT2D eigenvalue weighted by Gasteiger charge is -2.34. The van der Waals surface area contributed by atoms with Crippen molar-refractivity contribution in [1.82, 2.24) is 20.1 Å². The van der Waals surface area contributed by atoms with Crippen molar-refractivity contribution in [2.45, 2.75) is 0 Å². The van der Waals surface area contributed by atoms with Crippen molar-refractivity contribution in [2.24, 2.45) is 0 Å². The topological polar surface area (TPSA) is 71.2 Å². The highest BCUT2D eigenvalue weighted by Crippen LogP contribution is 2.28. The van der Waals surface area contributed by atoms with Crippen LogP contribution in [0.25, 0.3) is 21.7 Å². The first kappa shape index (κ1) is 15.3. The number of hydrogen-bond donors (Lipinski definition) is 0. The molecule has 8 heteroatoms. The van der Waals surface area contributed by atoms with Gasteiger partial charge in [0.2, 0.25) is 0 Å². The van der Waals surface area contributed by atoms with Crippen LogP contribution >= 0.6 is 11.3 Å². The number of thiophene rings is 1. The van der Waals surface area contributed by atoms with Gasteiger partial charge in [0.1, 0.15) is 17.0 Å². The molecule has 0 N–H and O–H groups in total. The van der Waals surface area contributed by atoms with Crippen LogP contribution < -0.4 is 9.80 Å². The summed E-state index contributed by atoms with van der Waals surface area (Å²) < 4.78 is 5.43. The summed E-state index contributed by atoms with van der Waals surface area (Å²) in [6.45, 7) is 3.36. The van der Waals surface area contributed by atoms with Gasteiger partial charge in [0.05, 0.1) is 5.39 Å². The average molecular weight is 364 g/mol. The highest BCUT2D eigenvalue weighted by molar-refractivity contribution is 7.16. The molecule has 1 aromatic carbocycles. The first-order valence-corrected chi connectivity index (χ1v) is 9.34. The van der Waals surface area contributed by atoms with Crippen molar-refractivity contribution in [3.05, 3.63) is 48.1 Å². The third-order valence-corrected chi connectivity index (χ3v) is 5.36. The Hall–Kier alpha value is -3.00. The van der Waals surface area contributed by atoms with Gasteiger partial charge >= 0.3 is 0 Å². The predicted molar refractivity (Wildman–Crippen MR) is 102 cm³/mol. The molecule has 4 aromatic rings. The molecule has 0 radical (unpaired) electrons. The van der Waals surface area contributed by atoms with Crippen LogP contribution in [0, 0.1) is 0 Å². The normalized spacial score (nSPS) is 14.9. The molecule has 3 aromatic heterocycles. The van der Waals surface area contributed by atoms with Crippen molar-refractivity contribution >= 4 is 33.3 Å². The summed E-state index contributed by atoms with van der Waals surface area (Å²) in [5.41, 5.74) is 0.936. The molecule has 26 heavy (non-hydrogen) atoms. The van der Waals surface area contributed by atoms with Crippen molar-refractivity contribution in [3.63, 3.8) is 0 Å². The fourth-order valence-corrected chi connectivity index (χ4v) is 3.92. The molecule has 1 aliphatic rings. The lowest BCUT2D eigenvalue weighted by atomic mass is 10.2. The van der Waals surface area contributed by atoms with Gasteiger partial charge in [0.15, 0.2) is 0 Å². The smallest absolute Gasteiger partial charge is 0.266 e. The van der Waals surface area contributed by atoms with E-state index < -0.39 is 0 Å². The maximum Gasteiger partial charge on any atom is 0.266 e. The average Bonchev–Trinajstić information content (AvgIpc) is 3.38. The second kappa shape index (κ2) is 6.38. The zero-order valence-electron chi connectivity index (χ0n) is 13.9. The lowest BCUT2D eigenvalue weighted by Crippen LogP contribution is -2.47. The summed E-state index contributed by atoms with van der Waals surface area (Å²) in [6.07, 6.45) is 1.64. The molecule has 0 aliphatic carbocycles. The number of aromatic nitrogens is 4. The zero-order valence-corrected chi connectivity index (χ0v) is 14.8. The minimum absolute atomic E-state index is 0.554. The van der Waals surface area contributed by atoms with E-state index in [0.29, 0.717) is 11.8 Å². The fourth-order valence-electron chi connectivity index (χ4n) is 3.19. The molecule has 4 heterocycles. The third kappa shape index (κ3) is 2.68. The van der Waals surface area contributed by atoms with E-state index in [0.717, 1.165) is 47.8 Å². The van der Waals surface area contributed by atoms with Gasteiger partial charge in [-0.15, -0.1) is 11.3 Å². The van der Waals surface area contributed by atoms with Crippen LogP contribution in [0.4, 0.5) is 11.8 Å². The highest BCUT2D eigenvalue weighted by Gasteiger charge is 2.23. The Balaban J connectivity index is 1.32. The summed E-state index contributed by atoms with van der Waals surface area (Å²) in [6, 6.07) is 11.9. The molecule has 5 rings (SSSR count). The van der Waals surface area contributed by atoms with E-state index in [4.69, 9.17) is 4.52 Å². The van der Waals surface area contributed by atoms with E-state index in [1.165, 1.54) is 0 Å². The molecule has 0 bridgehead atoms. The molecular formula is C18H16N6OS. The summed E-state index contributed by atoms with van der Waals surface area (Å²) in [5, 5.41) is 7.33. The Morgan fingerprint density at radius 2 is 1.73 bits per heavy atom. The summed E-state index contributed by atoms with van der Waals surface area (Å²) >= 11 is 1.64. The molecule has 1 fully saturated rings. The number of fused-ring (bicyclic) bond motifs is 1. The first-order chi connectivity index (χ1) is 12.9. The lowest BCUT2D eigenvalue weighted by molar-refractivity contribution is 0.428. The molecule has 0 saturated carbocycles. The Kier molecular flexibility index (Phi) is 3.75. The van der Waals surface area contributed by atoms with Gasteiger partial charge in [-0.25, -0.2) is 9.97 Å². The molecule has 0 amide bonds. The molecule has 0 spiro atoms. The summed E-state index contributed by atoms with van der Waals surface area (Å²) in [4.78, 5) is 18.9. The van der Waals surface area contributed by atoms with E-state index >= 15 is 0 Å². The zero-order chi connectivity index (χ0) is 17.3. The monoisotopic (exact) mass is 364 g/mol. The van der Waals surface area contributed by atoms with Gasteiger partial charge in [-0.1, -0.05) is 18.2 Å². The first-order valence-electron chi connectivity index (χ1n) is 8.46. The maximum atomic E-state index is 5.43. The minimum Gasteiger partial charge on any atom is -0.352 e. The number of benzene rings is 1. The number of piperazine rings is 1. The summed E-state index contributed by atoms with van der Waals surface area (Å²) in [7, 11) is 0. The SMILES string of the molecule is c1ccc(-c2nc(N3CCN(c4ncnc5sccc45)CC3)no2)cc1. The van der Waals surface area contributed by atoms with Crippen LogP contribution in [0.2, 0.25) is 0 Å². The largest absolute Gasteiger partial charge is 0.352 e. The fraction of sp³-hybridized carbons (Fsp3) is 0.222. The van der Waals surface area contributed by atoms with E-state index in [1.807, 2.05) is 30.3 Å². The van der Waals surface area contributed by atoms with Gasteiger partial charge in [-0.2, -0.15) is 4.98 Å². The Bertz CT molecular complexity index is 1020. The van der Waals surface area contributed by atoms with Crippen LogP contribution in [0.5, 0.6) is 0 Å².